The number of nitrogens with zero attached hydrogens (tertiary/aromatic N) is 2. The first-order valence-electron chi connectivity index (χ1n) is 6.07. The standard InChI is InChI=1S/C13H7F3N2O4S2/c1-7-11(6-19)23-12(18-7)8-2-3-10(9(4-8)5-17)22-24(20,21)13(14,15)16/h2-4,6H,1H3. The van der Waals surface area contributed by atoms with Crippen molar-refractivity contribution in [3.05, 3.63) is 34.3 Å². The number of hydrogen-bond acceptors (Lipinski definition) is 7. The number of halogens is 3. The number of rotatable bonds is 4. The Morgan fingerprint density at radius 1 is 1.38 bits per heavy atom. The number of hydrogen-bond donors (Lipinski definition) is 0. The van der Waals surface area contributed by atoms with Crippen molar-refractivity contribution in [1.82, 2.24) is 4.98 Å². The second-order valence-electron chi connectivity index (χ2n) is 4.39. The molecule has 0 saturated carbocycles. The molecule has 11 heteroatoms. The summed E-state index contributed by atoms with van der Waals surface area (Å²) in [6.07, 6.45) is 0.606. The first kappa shape index (κ1) is 17.9. The molecule has 6 nitrogen and oxygen atoms in total. The molecule has 1 aromatic heterocycles. The lowest BCUT2D eigenvalue weighted by Crippen LogP contribution is -2.28. The Labute approximate surface area is 138 Å². The molecule has 0 saturated heterocycles. The fourth-order valence-corrected chi connectivity index (χ4v) is 2.98. The number of aromatic nitrogens is 1. The van der Waals surface area contributed by atoms with Crippen molar-refractivity contribution in [3.63, 3.8) is 0 Å². The maximum absolute atomic E-state index is 12.3. The fourth-order valence-electron chi connectivity index (χ4n) is 1.63. The van der Waals surface area contributed by atoms with Crippen LogP contribution in [0, 0.1) is 18.3 Å². The average Bonchev–Trinajstić information content (AvgIpc) is 2.87. The zero-order chi connectivity index (χ0) is 18.1. The molecule has 0 fully saturated rings. The quantitative estimate of drug-likeness (QED) is 0.462. The van der Waals surface area contributed by atoms with Crippen LogP contribution in [0.5, 0.6) is 5.75 Å². The largest absolute Gasteiger partial charge is 0.534 e. The smallest absolute Gasteiger partial charge is 0.375 e. The molecule has 2 aromatic rings. The minimum atomic E-state index is -5.88. The van der Waals surface area contributed by atoms with Gasteiger partial charge in [0.1, 0.15) is 11.1 Å². The molecule has 0 atom stereocenters. The van der Waals surface area contributed by atoms with Gasteiger partial charge < -0.3 is 4.18 Å². The van der Waals surface area contributed by atoms with Crippen molar-refractivity contribution < 1.29 is 30.6 Å². The van der Waals surface area contributed by atoms with E-state index in [0.29, 0.717) is 27.4 Å². The van der Waals surface area contributed by atoms with E-state index in [1.807, 2.05) is 0 Å². The van der Waals surface area contributed by atoms with Gasteiger partial charge in [-0.1, -0.05) is 0 Å². The van der Waals surface area contributed by atoms with E-state index in [1.165, 1.54) is 6.07 Å². The Kier molecular flexibility index (Phi) is 4.63. The monoisotopic (exact) mass is 376 g/mol. The lowest BCUT2D eigenvalue weighted by molar-refractivity contribution is -0.0500. The molecule has 1 aromatic carbocycles. The molecule has 0 spiro atoms. The van der Waals surface area contributed by atoms with Crippen LogP contribution in [0.4, 0.5) is 13.2 Å². The van der Waals surface area contributed by atoms with Gasteiger partial charge in [0.15, 0.2) is 12.0 Å². The SMILES string of the molecule is Cc1nc(-c2ccc(OS(=O)(=O)C(F)(F)F)c(C#N)c2)sc1C=O. The molecule has 0 aliphatic rings. The number of benzene rings is 1. The van der Waals surface area contributed by atoms with Crippen LogP contribution in [0.25, 0.3) is 10.6 Å². The molecular weight excluding hydrogens is 369 g/mol. The van der Waals surface area contributed by atoms with Crippen molar-refractivity contribution in [3.8, 4) is 22.4 Å². The average molecular weight is 376 g/mol. The second kappa shape index (κ2) is 6.21. The Balaban J connectivity index is 2.45. The fraction of sp³-hybridized carbons (Fsp3) is 0.154. The molecule has 0 unspecified atom stereocenters. The van der Waals surface area contributed by atoms with Crippen LogP contribution in [-0.2, 0) is 10.1 Å². The summed E-state index contributed by atoms with van der Waals surface area (Å²) < 4.78 is 63.1. The summed E-state index contributed by atoms with van der Waals surface area (Å²) in [6, 6.07) is 4.87. The van der Waals surface area contributed by atoms with Gasteiger partial charge >= 0.3 is 15.6 Å². The van der Waals surface area contributed by atoms with Crippen molar-refractivity contribution in [1.29, 1.82) is 5.26 Å². The van der Waals surface area contributed by atoms with Gasteiger partial charge in [-0.3, -0.25) is 4.79 Å². The van der Waals surface area contributed by atoms with E-state index >= 15 is 0 Å². The highest BCUT2D eigenvalue weighted by Gasteiger charge is 2.48. The Morgan fingerprint density at radius 2 is 2.04 bits per heavy atom. The number of carbonyl (C=O) groups excluding carboxylic acids is 1. The van der Waals surface area contributed by atoms with Crippen LogP contribution >= 0.6 is 11.3 Å². The molecule has 0 N–H and O–H groups in total. The van der Waals surface area contributed by atoms with E-state index in [1.54, 1.807) is 13.0 Å². The molecule has 2 rings (SSSR count). The predicted molar refractivity (Wildman–Crippen MR) is 78.0 cm³/mol. The highest BCUT2D eigenvalue weighted by Crippen LogP contribution is 2.33. The van der Waals surface area contributed by atoms with Gasteiger partial charge in [0.2, 0.25) is 0 Å². The molecule has 0 aliphatic carbocycles. The van der Waals surface area contributed by atoms with Crippen LogP contribution in [0.3, 0.4) is 0 Å². The van der Waals surface area contributed by atoms with Crippen molar-refractivity contribution in [2.45, 2.75) is 12.4 Å². The zero-order valence-corrected chi connectivity index (χ0v) is 13.4. The highest BCUT2D eigenvalue weighted by molar-refractivity contribution is 7.88. The first-order chi connectivity index (χ1) is 11.1. The third-order valence-corrected chi connectivity index (χ3v) is 4.87. The summed E-state index contributed by atoms with van der Waals surface area (Å²) in [6.45, 7) is 1.60. The van der Waals surface area contributed by atoms with Crippen molar-refractivity contribution >= 4 is 27.7 Å². The van der Waals surface area contributed by atoms with Gasteiger partial charge in [-0.05, 0) is 25.1 Å². The molecule has 0 aliphatic heterocycles. The number of carbonyl (C=O) groups is 1. The normalized spacial score (nSPS) is 11.8. The number of aldehydes is 1. The topological polar surface area (TPSA) is 97.1 Å². The highest BCUT2D eigenvalue weighted by atomic mass is 32.2. The summed E-state index contributed by atoms with van der Waals surface area (Å²) in [5, 5.41) is 9.37. The molecule has 126 valence electrons. The first-order valence-corrected chi connectivity index (χ1v) is 8.29. The molecule has 0 amide bonds. The maximum atomic E-state index is 12.3. The maximum Gasteiger partial charge on any atom is 0.534 e. The Morgan fingerprint density at radius 3 is 2.54 bits per heavy atom. The van der Waals surface area contributed by atoms with Gasteiger partial charge in [0.05, 0.1) is 16.1 Å². The van der Waals surface area contributed by atoms with E-state index in [4.69, 9.17) is 5.26 Å². The van der Waals surface area contributed by atoms with Crippen LogP contribution in [-0.4, -0.2) is 25.2 Å². The summed E-state index contributed by atoms with van der Waals surface area (Å²) in [7, 11) is -5.88. The van der Waals surface area contributed by atoms with E-state index < -0.39 is 26.9 Å². The van der Waals surface area contributed by atoms with E-state index in [0.717, 1.165) is 23.5 Å². The summed E-state index contributed by atoms with van der Waals surface area (Å²) in [5.41, 5.74) is -5.22. The summed E-state index contributed by atoms with van der Waals surface area (Å²) in [5.74, 6) is -0.748. The van der Waals surface area contributed by atoms with Gasteiger partial charge in [-0.15, -0.1) is 11.3 Å². The molecule has 1 heterocycles. The van der Waals surface area contributed by atoms with E-state index in [2.05, 4.69) is 9.17 Å². The number of nitriles is 1. The van der Waals surface area contributed by atoms with Gasteiger partial charge in [-0.2, -0.15) is 26.9 Å². The summed E-state index contributed by atoms with van der Waals surface area (Å²) >= 11 is 1.03. The Hall–Kier alpha value is -2.45. The van der Waals surface area contributed by atoms with Crippen LogP contribution in [0.2, 0.25) is 0 Å². The lowest BCUT2D eigenvalue weighted by atomic mass is 10.1. The Bertz CT molecular complexity index is 943. The van der Waals surface area contributed by atoms with Crippen LogP contribution in [0.15, 0.2) is 18.2 Å². The number of alkyl halides is 3. The zero-order valence-electron chi connectivity index (χ0n) is 11.8. The van der Waals surface area contributed by atoms with Crippen molar-refractivity contribution in [2.75, 3.05) is 0 Å². The third-order valence-electron chi connectivity index (χ3n) is 2.77. The van der Waals surface area contributed by atoms with E-state index in [9.17, 15) is 26.4 Å². The van der Waals surface area contributed by atoms with E-state index in [-0.39, 0.29) is 0 Å². The lowest BCUT2D eigenvalue weighted by Gasteiger charge is -2.10. The molecule has 0 radical (unpaired) electrons. The minimum Gasteiger partial charge on any atom is -0.375 e. The number of aryl methyl sites for hydroxylation is 1. The van der Waals surface area contributed by atoms with Gasteiger partial charge in [0, 0.05) is 5.56 Å². The number of thiazole rings is 1. The molecular formula is C13H7F3N2O4S2. The predicted octanol–water partition coefficient (Wildman–Crippen LogP) is 3.03. The van der Waals surface area contributed by atoms with Crippen LogP contribution in [0.1, 0.15) is 20.9 Å². The minimum absolute atomic E-state index is 0.338. The molecule has 24 heavy (non-hydrogen) atoms. The summed E-state index contributed by atoms with van der Waals surface area (Å²) in [4.78, 5) is 15.3. The van der Waals surface area contributed by atoms with Crippen molar-refractivity contribution in [2.24, 2.45) is 0 Å². The second-order valence-corrected chi connectivity index (χ2v) is 6.96. The van der Waals surface area contributed by atoms with Gasteiger partial charge in [-0.25, -0.2) is 4.98 Å². The molecule has 0 bridgehead atoms. The third kappa shape index (κ3) is 3.39. The van der Waals surface area contributed by atoms with Gasteiger partial charge in [0.25, 0.3) is 0 Å². The van der Waals surface area contributed by atoms with Crippen LogP contribution < -0.4 is 4.18 Å².